The SMILES string of the molecule is O=P(O)(O)O.O=P(O)(O)O.O=P(O)(O)O.[Ba+2].[H-].[H-]. The van der Waals surface area contributed by atoms with E-state index in [1.807, 2.05) is 0 Å². The zero-order valence-corrected chi connectivity index (χ0v) is 14.4. The summed E-state index contributed by atoms with van der Waals surface area (Å²) in [5, 5.41) is 0. The van der Waals surface area contributed by atoms with E-state index in [4.69, 9.17) is 57.7 Å². The van der Waals surface area contributed by atoms with Crippen LogP contribution in [0.1, 0.15) is 2.85 Å². The fraction of sp³-hybridized carbons (Fsp3) is 0. The van der Waals surface area contributed by atoms with Crippen molar-refractivity contribution in [2.24, 2.45) is 0 Å². The van der Waals surface area contributed by atoms with Crippen molar-refractivity contribution in [3.05, 3.63) is 0 Å². The minimum Gasteiger partial charge on any atom is -1.00 e. The van der Waals surface area contributed by atoms with E-state index >= 15 is 0 Å². The van der Waals surface area contributed by atoms with Crippen LogP contribution in [0.25, 0.3) is 0 Å². The van der Waals surface area contributed by atoms with Crippen LogP contribution in [-0.4, -0.2) is 92.9 Å². The van der Waals surface area contributed by atoms with Gasteiger partial charge >= 0.3 is 72.3 Å². The van der Waals surface area contributed by atoms with Crippen LogP contribution in [-0.2, 0) is 13.7 Å². The Kier molecular flexibility index (Phi) is 17.8. The zero-order chi connectivity index (χ0) is 13.5. The average molecular weight is 433 g/mol. The summed E-state index contributed by atoms with van der Waals surface area (Å²) in [4.78, 5) is 64.7. The molecular formula is H11BaO12P3. The molecule has 0 saturated carbocycles. The normalized spacial score (nSPS) is 11.1. The Morgan fingerprint density at radius 3 is 0.500 bits per heavy atom. The van der Waals surface area contributed by atoms with Crippen molar-refractivity contribution in [3.8, 4) is 0 Å². The second kappa shape index (κ2) is 10.8. The molecule has 0 aromatic rings. The van der Waals surface area contributed by atoms with Crippen LogP contribution in [0.5, 0.6) is 0 Å². The molecule has 0 spiro atoms. The molecule has 0 aliphatic carbocycles. The van der Waals surface area contributed by atoms with Gasteiger partial charge in [-0.2, -0.15) is 0 Å². The van der Waals surface area contributed by atoms with Crippen molar-refractivity contribution in [1.82, 2.24) is 0 Å². The van der Waals surface area contributed by atoms with E-state index in [1.54, 1.807) is 0 Å². The Labute approximate surface area is 132 Å². The molecule has 12 nitrogen and oxygen atoms in total. The van der Waals surface area contributed by atoms with Gasteiger partial charge in [-0.3, -0.25) is 0 Å². The van der Waals surface area contributed by atoms with Crippen molar-refractivity contribution in [1.29, 1.82) is 0 Å². The smallest absolute Gasteiger partial charge is 1.00 e. The van der Waals surface area contributed by atoms with Crippen LogP contribution in [0.2, 0.25) is 0 Å². The van der Waals surface area contributed by atoms with Gasteiger partial charge in [0.2, 0.25) is 0 Å². The number of phosphoric acid groups is 3. The molecule has 0 rings (SSSR count). The van der Waals surface area contributed by atoms with E-state index in [1.165, 1.54) is 0 Å². The Morgan fingerprint density at radius 2 is 0.500 bits per heavy atom. The van der Waals surface area contributed by atoms with E-state index in [0.29, 0.717) is 0 Å². The second-order valence-corrected chi connectivity index (χ2v) is 4.62. The molecule has 0 aromatic heterocycles. The Hall–Kier alpha value is 1.90. The van der Waals surface area contributed by atoms with Gasteiger partial charge in [-0.05, 0) is 0 Å². The molecule has 100 valence electrons. The summed E-state index contributed by atoms with van der Waals surface area (Å²) in [5.74, 6) is 0. The first-order chi connectivity index (χ1) is 6.00. The molecule has 9 N–H and O–H groups in total. The van der Waals surface area contributed by atoms with Crippen molar-refractivity contribution in [2.45, 2.75) is 0 Å². The molecule has 0 aliphatic rings. The zero-order valence-electron chi connectivity index (χ0n) is 9.30. The maximum absolute atomic E-state index is 8.88. The molecule has 16 heteroatoms. The summed E-state index contributed by atoms with van der Waals surface area (Å²) in [7, 11) is -13.9. The first kappa shape index (κ1) is 26.5. The van der Waals surface area contributed by atoms with Crippen molar-refractivity contribution in [3.63, 3.8) is 0 Å². The Balaban J connectivity index is -0.0000000277. The minimum atomic E-state index is -4.64. The molecule has 0 atom stereocenters. The summed E-state index contributed by atoms with van der Waals surface area (Å²) >= 11 is 0. The van der Waals surface area contributed by atoms with Crippen LogP contribution in [0, 0.1) is 0 Å². The molecule has 0 bridgehead atoms. The second-order valence-electron chi connectivity index (χ2n) is 1.54. The van der Waals surface area contributed by atoms with Crippen LogP contribution in [0.15, 0.2) is 0 Å². The largest absolute Gasteiger partial charge is 2.00 e. The summed E-state index contributed by atoms with van der Waals surface area (Å²) in [6.45, 7) is 0. The third kappa shape index (κ3) is 977. The predicted molar refractivity (Wildman–Crippen MR) is 50.8 cm³/mol. The van der Waals surface area contributed by atoms with Gasteiger partial charge in [0.25, 0.3) is 0 Å². The average Bonchev–Trinajstić information content (AvgIpc) is 1.41. The fourth-order valence-electron chi connectivity index (χ4n) is 0. The van der Waals surface area contributed by atoms with Gasteiger partial charge in [0, 0.05) is 0 Å². The molecule has 0 unspecified atom stereocenters. The predicted octanol–water partition coefficient (Wildman–Crippen LogP) is -2.94. The van der Waals surface area contributed by atoms with E-state index < -0.39 is 23.5 Å². The van der Waals surface area contributed by atoms with E-state index in [-0.39, 0.29) is 51.7 Å². The van der Waals surface area contributed by atoms with Gasteiger partial charge in [0.1, 0.15) is 0 Å². The molecule has 0 amide bonds. The van der Waals surface area contributed by atoms with E-state index in [2.05, 4.69) is 0 Å². The fourth-order valence-corrected chi connectivity index (χ4v) is 0. The summed E-state index contributed by atoms with van der Waals surface area (Å²) in [6, 6.07) is 0. The third-order valence-corrected chi connectivity index (χ3v) is 0. The van der Waals surface area contributed by atoms with Crippen LogP contribution in [0.3, 0.4) is 0 Å². The third-order valence-electron chi connectivity index (χ3n) is 0. The number of hydrogen-bond donors (Lipinski definition) is 9. The number of hydrogen-bond acceptors (Lipinski definition) is 3. The maximum Gasteiger partial charge on any atom is 2.00 e. The molecule has 16 heavy (non-hydrogen) atoms. The molecule has 0 aliphatic heterocycles. The van der Waals surface area contributed by atoms with Crippen molar-refractivity contribution >= 4 is 72.3 Å². The van der Waals surface area contributed by atoms with Crippen LogP contribution < -0.4 is 0 Å². The summed E-state index contributed by atoms with van der Waals surface area (Å²) < 4.78 is 26.6. The molecule has 0 aromatic carbocycles. The van der Waals surface area contributed by atoms with E-state index in [0.717, 1.165) is 0 Å². The summed E-state index contributed by atoms with van der Waals surface area (Å²) in [6.07, 6.45) is 0. The van der Waals surface area contributed by atoms with Gasteiger partial charge in [0.05, 0.1) is 0 Å². The van der Waals surface area contributed by atoms with Gasteiger partial charge in [-0.15, -0.1) is 0 Å². The minimum absolute atomic E-state index is 0. The monoisotopic (exact) mass is 434 g/mol. The maximum atomic E-state index is 8.88. The molecule has 0 radical (unpaired) electrons. The van der Waals surface area contributed by atoms with Gasteiger partial charge in [-0.25, -0.2) is 13.7 Å². The Bertz CT molecular complexity index is 211. The van der Waals surface area contributed by atoms with Gasteiger partial charge < -0.3 is 46.9 Å². The Morgan fingerprint density at radius 1 is 0.500 bits per heavy atom. The van der Waals surface area contributed by atoms with E-state index in [9.17, 15) is 0 Å². The first-order valence-electron chi connectivity index (χ1n) is 2.35. The number of rotatable bonds is 0. The standard InChI is InChI=1S/Ba.3H3O4P.2H/c;3*1-5(2,3)4;;/h;3*(H3,1,2,3,4);;/q+2;;;;2*-1. The summed E-state index contributed by atoms with van der Waals surface area (Å²) in [5.41, 5.74) is 0. The first-order valence-corrected chi connectivity index (χ1v) is 7.04. The van der Waals surface area contributed by atoms with Crippen LogP contribution >= 0.6 is 23.5 Å². The molecule has 0 fully saturated rings. The quantitative estimate of drug-likeness (QED) is 0.138. The molecule has 0 saturated heterocycles. The van der Waals surface area contributed by atoms with Crippen molar-refractivity contribution in [2.75, 3.05) is 0 Å². The topological polar surface area (TPSA) is 233 Å². The van der Waals surface area contributed by atoms with Gasteiger partial charge in [0.15, 0.2) is 0 Å². The molecular weight excluding hydrogens is 422 g/mol. The van der Waals surface area contributed by atoms with Crippen LogP contribution in [0.4, 0.5) is 0 Å². The van der Waals surface area contributed by atoms with Crippen molar-refractivity contribution < 1.29 is 60.6 Å². The van der Waals surface area contributed by atoms with Gasteiger partial charge in [-0.1, -0.05) is 0 Å². The molecule has 0 heterocycles.